The van der Waals surface area contributed by atoms with Crippen molar-refractivity contribution in [2.75, 3.05) is 0 Å². The lowest BCUT2D eigenvalue weighted by molar-refractivity contribution is -0.161. The van der Waals surface area contributed by atoms with Crippen molar-refractivity contribution in [3.63, 3.8) is 0 Å². The van der Waals surface area contributed by atoms with E-state index in [2.05, 4.69) is 72.8 Å². The summed E-state index contributed by atoms with van der Waals surface area (Å²) >= 11 is 3.74. The third-order valence-electron chi connectivity index (χ3n) is 7.90. The Morgan fingerprint density at radius 3 is 1.93 bits per heavy atom. The molecule has 0 heterocycles. The van der Waals surface area contributed by atoms with Crippen LogP contribution in [0, 0.1) is 26.7 Å². The van der Waals surface area contributed by atoms with Gasteiger partial charge in [-0.25, -0.2) is 0 Å². The number of rotatable bonds is 11. The summed E-state index contributed by atoms with van der Waals surface area (Å²) < 4.78 is 7.36. The van der Waals surface area contributed by atoms with Gasteiger partial charge in [0, 0.05) is 23.6 Å². The van der Waals surface area contributed by atoms with E-state index in [1.54, 1.807) is 6.92 Å². The Morgan fingerprint density at radius 2 is 1.34 bits per heavy atom. The molecule has 0 unspecified atom stereocenters. The Balaban J connectivity index is 1.69. The summed E-state index contributed by atoms with van der Waals surface area (Å²) in [5.41, 5.74) is 7.80. The van der Waals surface area contributed by atoms with Crippen molar-refractivity contribution in [1.29, 1.82) is 0 Å². The van der Waals surface area contributed by atoms with Crippen molar-refractivity contribution >= 4 is 21.9 Å². The fraction of sp³-hybridized carbons (Fsp3) is 0.306. The maximum atomic E-state index is 13.6. The minimum atomic E-state index is -0.954. The van der Waals surface area contributed by atoms with E-state index in [9.17, 15) is 9.90 Å². The predicted molar refractivity (Wildman–Crippen MR) is 169 cm³/mol. The van der Waals surface area contributed by atoms with Crippen LogP contribution < -0.4 is 0 Å². The Bertz CT molecular complexity index is 1420. The highest BCUT2D eigenvalue weighted by Gasteiger charge is 2.33. The minimum Gasteiger partial charge on any atom is -0.456 e. The van der Waals surface area contributed by atoms with Crippen LogP contribution in [0.25, 0.3) is 0 Å². The third-order valence-corrected chi connectivity index (χ3v) is 8.68. The lowest BCUT2D eigenvalue weighted by Crippen LogP contribution is -2.39. The maximum Gasteiger partial charge on any atom is 0.312 e. The standard InChI is InChI=1S/C36H40BrNO3/c1-24-20-25(2)32(26(3)21-24)23-38(22-31-18-12-13-19-33(31)37)28(5)35(30-16-10-7-11-17-30)41-36(40)27(4)34(39)29-14-8-6-9-15-29/h6-21,27-28,34-35,39H,22-23H2,1-5H3/t27-,28+,34+,35+/m1/s1. The van der Waals surface area contributed by atoms with E-state index in [0.29, 0.717) is 18.7 Å². The van der Waals surface area contributed by atoms with Crippen molar-refractivity contribution in [1.82, 2.24) is 4.90 Å². The van der Waals surface area contributed by atoms with Crippen LogP contribution in [-0.2, 0) is 22.6 Å². The van der Waals surface area contributed by atoms with Crippen LogP contribution in [0.3, 0.4) is 0 Å². The Morgan fingerprint density at radius 1 is 0.805 bits per heavy atom. The van der Waals surface area contributed by atoms with Gasteiger partial charge in [-0.3, -0.25) is 9.69 Å². The molecule has 4 nitrogen and oxygen atoms in total. The molecule has 214 valence electrons. The number of carbonyl (C=O) groups excluding carboxylic acids is 1. The summed E-state index contributed by atoms with van der Waals surface area (Å²) in [7, 11) is 0. The third kappa shape index (κ3) is 7.73. The number of aliphatic hydroxyl groups excluding tert-OH is 1. The molecule has 4 aromatic carbocycles. The second kappa shape index (κ2) is 14.1. The van der Waals surface area contributed by atoms with Crippen molar-refractivity contribution < 1.29 is 14.6 Å². The molecule has 0 amide bonds. The highest BCUT2D eigenvalue weighted by atomic mass is 79.9. The molecule has 0 aliphatic heterocycles. The van der Waals surface area contributed by atoms with Gasteiger partial charge in [0.15, 0.2) is 0 Å². The Hall–Kier alpha value is -3.25. The summed E-state index contributed by atoms with van der Waals surface area (Å²) in [6, 6.07) is 31.7. The number of benzene rings is 4. The predicted octanol–water partition coefficient (Wildman–Crippen LogP) is 8.42. The molecule has 4 atom stereocenters. The molecule has 0 saturated carbocycles. The number of aliphatic hydroxyl groups is 1. The van der Waals surface area contributed by atoms with Gasteiger partial charge < -0.3 is 9.84 Å². The highest BCUT2D eigenvalue weighted by molar-refractivity contribution is 9.10. The van der Waals surface area contributed by atoms with Crippen LogP contribution in [0.15, 0.2) is 102 Å². The summed E-state index contributed by atoms with van der Waals surface area (Å²) in [5.74, 6) is -1.15. The van der Waals surface area contributed by atoms with E-state index in [1.165, 1.54) is 22.3 Å². The smallest absolute Gasteiger partial charge is 0.312 e. The molecule has 0 aliphatic rings. The highest BCUT2D eigenvalue weighted by Crippen LogP contribution is 2.32. The van der Waals surface area contributed by atoms with E-state index < -0.39 is 24.1 Å². The molecule has 41 heavy (non-hydrogen) atoms. The van der Waals surface area contributed by atoms with Crippen molar-refractivity contribution in [2.24, 2.45) is 5.92 Å². The summed E-state index contributed by atoms with van der Waals surface area (Å²) in [6.07, 6.45) is -1.49. The molecule has 0 fully saturated rings. The quantitative estimate of drug-likeness (QED) is 0.172. The van der Waals surface area contributed by atoms with Crippen LogP contribution in [0.2, 0.25) is 0 Å². The van der Waals surface area contributed by atoms with Gasteiger partial charge in [-0.1, -0.05) is 112 Å². The number of hydrogen-bond acceptors (Lipinski definition) is 4. The van der Waals surface area contributed by atoms with E-state index in [0.717, 1.165) is 15.6 Å². The molecular formula is C36H40BrNO3. The van der Waals surface area contributed by atoms with Gasteiger partial charge >= 0.3 is 5.97 Å². The van der Waals surface area contributed by atoms with Crippen LogP contribution in [0.1, 0.15) is 65.0 Å². The van der Waals surface area contributed by atoms with Gasteiger partial charge in [-0.2, -0.15) is 0 Å². The first kappa shape index (κ1) is 30.7. The minimum absolute atomic E-state index is 0.172. The normalized spacial score (nSPS) is 14.3. The van der Waals surface area contributed by atoms with Gasteiger partial charge in [-0.15, -0.1) is 0 Å². The molecule has 0 aromatic heterocycles. The van der Waals surface area contributed by atoms with Gasteiger partial charge in [0.1, 0.15) is 6.10 Å². The Labute approximate surface area is 253 Å². The molecule has 0 spiro atoms. The number of esters is 1. The number of carbonyl (C=O) groups is 1. The zero-order valence-electron chi connectivity index (χ0n) is 24.6. The lowest BCUT2D eigenvalue weighted by atomic mass is 9.95. The number of halogens is 1. The second-order valence-electron chi connectivity index (χ2n) is 11.0. The lowest BCUT2D eigenvalue weighted by Gasteiger charge is -2.36. The summed E-state index contributed by atoms with van der Waals surface area (Å²) in [4.78, 5) is 16.0. The van der Waals surface area contributed by atoms with Crippen LogP contribution in [0.4, 0.5) is 0 Å². The van der Waals surface area contributed by atoms with Gasteiger partial charge in [-0.05, 0) is 74.1 Å². The first-order valence-corrected chi connectivity index (χ1v) is 15.0. The molecule has 4 rings (SSSR count). The second-order valence-corrected chi connectivity index (χ2v) is 11.9. The largest absolute Gasteiger partial charge is 0.456 e. The van der Waals surface area contributed by atoms with Gasteiger partial charge in [0.05, 0.1) is 12.0 Å². The molecule has 0 bridgehead atoms. The van der Waals surface area contributed by atoms with Crippen molar-refractivity contribution in [3.8, 4) is 0 Å². The van der Waals surface area contributed by atoms with E-state index in [-0.39, 0.29) is 6.04 Å². The maximum absolute atomic E-state index is 13.6. The number of nitrogens with zero attached hydrogens (tertiary/aromatic N) is 1. The fourth-order valence-electron chi connectivity index (χ4n) is 5.43. The first-order valence-electron chi connectivity index (χ1n) is 14.2. The monoisotopic (exact) mass is 613 g/mol. The number of aryl methyl sites for hydroxylation is 3. The van der Waals surface area contributed by atoms with E-state index in [1.807, 2.05) is 72.8 Å². The molecule has 4 aromatic rings. The molecule has 0 saturated heterocycles. The number of ether oxygens (including phenoxy) is 1. The fourth-order valence-corrected chi connectivity index (χ4v) is 5.84. The molecule has 0 aliphatic carbocycles. The van der Waals surface area contributed by atoms with E-state index >= 15 is 0 Å². The molecule has 5 heteroatoms. The average molecular weight is 615 g/mol. The molecule has 1 N–H and O–H groups in total. The zero-order valence-corrected chi connectivity index (χ0v) is 26.1. The van der Waals surface area contributed by atoms with Crippen molar-refractivity contribution in [3.05, 3.63) is 140 Å². The average Bonchev–Trinajstić information content (AvgIpc) is 2.97. The van der Waals surface area contributed by atoms with Crippen molar-refractivity contribution in [2.45, 2.75) is 66.0 Å². The zero-order chi connectivity index (χ0) is 29.5. The SMILES string of the molecule is Cc1cc(C)c(CN(Cc2ccccc2Br)[C@@H](C)[C@H](OC(=O)[C@H](C)[C@H](O)c2ccccc2)c2ccccc2)c(C)c1. The van der Waals surface area contributed by atoms with Crippen LogP contribution in [0.5, 0.6) is 0 Å². The number of hydrogen-bond donors (Lipinski definition) is 1. The van der Waals surface area contributed by atoms with Gasteiger partial charge in [0.25, 0.3) is 0 Å². The Kier molecular flexibility index (Phi) is 10.5. The van der Waals surface area contributed by atoms with Gasteiger partial charge in [0.2, 0.25) is 0 Å². The van der Waals surface area contributed by atoms with Crippen LogP contribution >= 0.6 is 15.9 Å². The van der Waals surface area contributed by atoms with Crippen LogP contribution in [-0.4, -0.2) is 22.0 Å². The molecule has 0 radical (unpaired) electrons. The summed E-state index contributed by atoms with van der Waals surface area (Å²) in [5, 5.41) is 11.0. The molecular weight excluding hydrogens is 574 g/mol. The first-order chi connectivity index (χ1) is 19.7. The van der Waals surface area contributed by atoms with E-state index in [4.69, 9.17) is 4.74 Å². The summed E-state index contributed by atoms with van der Waals surface area (Å²) in [6.45, 7) is 11.7. The topological polar surface area (TPSA) is 49.8 Å².